The Morgan fingerprint density at radius 1 is 0.681 bits per heavy atom. The summed E-state index contributed by atoms with van der Waals surface area (Å²) in [7, 11) is -17.1. The smallest absolute Gasteiger partial charge is 0.490 e. The van der Waals surface area contributed by atoms with Crippen molar-refractivity contribution in [1.82, 2.24) is 30.5 Å². The molecule has 51 heteroatoms. The summed E-state index contributed by atoms with van der Waals surface area (Å²) in [5, 5.41) is 20.8. The molecular formula is C90H128N15O33P3. The number of amides is 2. The van der Waals surface area contributed by atoms with Gasteiger partial charge in [-0.1, -0.05) is 34.7 Å². The molecule has 0 spiro atoms. The summed E-state index contributed by atoms with van der Waals surface area (Å²) in [5.74, 6) is 5.86. The summed E-state index contributed by atoms with van der Waals surface area (Å²) in [6.07, 6.45) is 1.78. The average molecular weight is 2040 g/mol. The molecule has 4 heterocycles. The molecule has 1 aliphatic carbocycles. The Bertz CT molecular complexity index is 5490. The number of allylic oxidation sites excluding steroid dienone is 1. The molecule has 776 valence electrons. The molecule has 141 heavy (non-hydrogen) atoms. The third kappa shape index (κ3) is 44.3. The molecule has 6 unspecified atom stereocenters. The van der Waals surface area contributed by atoms with Crippen LogP contribution in [0.25, 0.3) is 65.3 Å². The van der Waals surface area contributed by atoms with Crippen LogP contribution in [0.3, 0.4) is 0 Å². The van der Waals surface area contributed by atoms with E-state index < -0.39 is 72.9 Å². The van der Waals surface area contributed by atoms with Gasteiger partial charge < -0.3 is 136 Å². The molecule has 8 rings (SSSR count). The molecule has 3 aliphatic rings. The maximum absolute atomic E-state index is 13.2. The van der Waals surface area contributed by atoms with E-state index in [0.29, 0.717) is 174 Å². The quantitative estimate of drug-likeness (QED) is 0.00248. The maximum atomic E-state index is 13.2. The van der Waals surface area contributed by atoms with E-state index in [-0.39, 0.29) is 124 Å². The zero-order valence-corrected chi connectivity index (χ0v) is 82.2. The highest BCUT2D eigenvalue weighted by molar-refractivity contribution is 7.66. The number of phosphoric acid groups is 3. The summed E-state index contributed by atoms with van der Waals surface area (Å²) in [6, 6.07) is 20.0. The van der Waals surface area contributed by atoms with Crippen molar-refractivity contribution in [2.24, 2.45) is 15.2 Å². The second-order valence-corrected chi connectivity index (χ2v) is 35.4. The number of hydrogen-bond acceptors (Lipinski definition) is 36. The van der Waals surface area contributed by atoms with Crippen LogP contribution in [-0.4, -0.2) is 301 Å². The Labute approximate surface area is 814 Å². The lowest BCUT2D eigenvalue weighted by Gasteiger charge is -2.21. The highest BCUT2D eigenvalue weighted by Crippen LogP contribution is 2.66. The standard InChI is InChI=1S/C90H128N15O33P3/c1-6-94-76-55-78-74(51-64(76)3)86(75-52-65(4)77(95-7-2)56-79(75)135-78)73-54-72(21-20-69(73)59-106)130-28-14-15-66(5)96-25-30-118-26-11-8-12-27-119-31-33-121-35-37-123-39-41-125-43-45-127-47-48-128-46-44-126-42-40-124-38-36-122-34-32-120-29-22-82(108)97-23-24-98-88(109)67-17-13-19-71(53-67)132-62-83(102-104-93)131-50-49-129-60-70(107)18-10-9-16-68-58-105(87-85(68)89(110)101-90(91)100-87)84-57-80(133-63-99-103-92)81(136-84)61-134-140(114,115)138-141(116,117)137-139(111,112)113/h13,17,19-21,51-56,58-59,80-81,83-84,94,96H,5-8,10-12,14-15,18,22-50,57,60-63H2,1-4H3,(H,97,108)(H,98,109)(H,114,115)(H,116,117)(H2,111,112,113)(H3,91,100,101,110). The van der Waals surface area contributed by atoms with E-state index in [2.05, 4.69) is 104 Å². The summed E-state index contributed by atoms with van der Waals surface area (Å²) in [6.45, 7) is 22.5. The number of ketones is 1. The first-order valence-corrected chi connectivity index (χ1v) is 50.5. The molecule has 11 N–H and O–H groups in total. The van der Waals surface area contributed by atoms with E-state index >= 15 is 0 Å². The van der Waals surface area contributed by atoms with Gasteiger partial charge in [0.2, 0.25) is 11.9 Å². The third-order valence-corrected chi connectivity index (χ3v) is 24.1. The van der Waals surface area contributed by atoms with E-state index in [0.717, 1.165) is 94.9 Å². The van der Waals surface area contributed by atoms with Crippen LogP contribution in [0.2, 0.25) is 0 Å². The third-order valence-electron chi connectivity index (χ3n) is 20.3. The predicted molar refractivity (Wildman–Crippen MR) is 513 cm³/mol. The summed E-state index contributed by atoms with van der Waals surface area (Å²) >= 11 is 0. The lowest BCUT2D eigenvalue weighted by molar-refractivity contribution is -0.124. The minimum Gasteiger partial charge on any atom is -0.494 e. The van der Waals surface area contributed by atoms with Crippen LogP contribution in [0, 0.1) is 25.7 Å². The topological polar surface area (TPSA) is 633 Å². The Hall–Kier alpha value is -10.2. The normalized spacial score (nSPS) is 14.9. The lowest BCUT2D eigenvalue weighted by atomic mass is 9.89. The van der Waals surface area contributed by atoms with E-state index in [9.17, 15) is 47.5 Å². The van der Waals surface area contributed by atoms with Crippen LogP contribution in [0.1, 0.15) is 115 Å². The number of fused-ring (bicyclic) bond motifs is 3. The van der Waals surface area contributed by atoms with Gasteiger partial charge in [0.15, 0.2) is 23.9 Å². The molecular weight excluding hydrogens is 1910 g/mol. The number of unbranched alkanes of at least 4 members (excludes halogenated alkanes) is 2. The number of ether oxygens (including phenoxy) is 17. The van der Waals surface area contributed by atoms with Gasteiger partial charge in [0, 0.05) is 139 Å². The van der Waals surface area contributed by atoms with Crippen molar-refractivity contribution >= 4 is 81.0 Å². The molecule has 3 aromatic carbocycles. The zero-order chi connectivity index (χ0) is 101. The number of benzene rings is 4. The van der Waals surface area contributed by atoms with Crippen LogP contribution < -0.4 is 47.4 Å². The van der Waals surface area contributed by atoms with Crippen LogP contribution in [-0.2, 0) is 107 Å². The monoisotopic (exact) mass is 2040 g/mol. The fourth-order valence-electron chi connectivity index (χ4n) is 13.7. The van der Waals surface area contributed by atoms with Crippen molar-refractivity contribution in [2.75, 3.05) is 235 Å². The van der Waals surface area contributed by atoms with Crippen molar-refractivity contribution in [3.63, 3.8) is 0 Å². The molecule has 2 amide bonds. The van der Waals surface area contributed by atoms with E-state index in [1.165, 1.54) is 16.8 Å². The molecule has 2 aromatic heterocycles. The highest BCUT2D eigenvalue weighted by atomic mass is 31.3. The molecule has 5 aromatic rings. The van der Waals surface area contributed by atoms with Crippen molar-refractivity contribution < 1.29 is 151 Å². The molecule has 2 aliphatic heterocycles. The van der Waals surface area contributed by atoms with E-state index in [4.69, 9.17) is 121 Å². The summed E-state index contributed by atoms with van der Waals surface area (Å²) < 4.78 is 152. The van der Waals surface area contributed by atoms with Crippen LogP contribution >= 0.6 is 23.5 Å². The van der Waals surface area contributed by atoms with Gasteiger partial charge in [-0.05, 0) is 136 Å². The molecule has 48 nitrogen and oxygen atoms in total. The minimum absolute atomic E-state index is 0.00865. The van der Waals surface area contributed by atoms with Gasteiger partial charge in [-0.15, -0.1) is 0 Å². The van der Waals surface area contributed by atoms with Crippen molar-refractivity contribution in [3.8, 4) is 45.8 Å². The fourth-order valence-corrected chi connectivity index (χ4v) is 16.8. The number of nitrogens with one attached hydrogen (secondary N) is 5. The second-order valence-electron chi connectivity index (χ2n) is 31.0. The first-order valence-electron chi connectivity index (χ1n) is 45.9. The number of rotatable bonds is 77. The number of anilines is 2. The number of hydrogen-bond donors (Lipinski definition) is 10. The zero-order valence-electron chi connectivity index (χ0n) is 79.5. The minimum atomic E-state index is -5.86. The van der Waals surface area contributed by atoms with Crippen LogP contribution in [0.15, 0.2) is 110 Å². The van der Waals surface area contributed by atoms with Gasteiger partial charge in [-0.3, -0.25) is 38.5 Å². The van der Waals surface area contributed by atoms with Gasteiger partial charge in [-0.25, -0.2) is 13.7 Å². The number of aromatic nitrogens is 3. The molecule has 1 fully saturated rings. The summed E-state index contributed by atoms with van der Waals surface area (Å²) in [4.78, 5) is 118. The van der Waals surface area contributed by atoms with Gasteiger partial charge >= 0.3 is 23.5 Å². The van der Waals surface area contributed by atoms with Crippen molar-refractivity contribution in [2.45, 2.75) is 110 Å². The van der Waals surface area contributed by atoms with Gasteiger partial charge in [0.05, 0.1) is 181 Å². The molecule has 0 bridgehead atoms. The fraction of sp³-hybridized carbons (Fsp3) is 0.567. The number of nitrogens with zero attached hydrogens (tertiary/aromatic N) is 9. The second kappa shape index (κ2) is 65.1. The summed E-state index contributed by atoms with van der Waals surface area (Å²) in [5.41, 5.74) is 31.3. The number of nitrogens with two attached hydrogens (primary N) is 1. The number of aryl methyl sites for hydroxylation is 2. The Morgan fingerprint density at radius 3 is 1.94 bits per heavy atom. The molecule has 0 radical (unpaired) electrons. The molecule has 0 saturated carbocycles. The molecule has 1 saturated heterocycles. The number of azide groups is 2. The first-order chi connectivity index (χ1) is 68.2. The number of H-pyrrole nitrogens is 1. The molecule has 6 atom stereocenters. The average Bonchev–Trinajstić information content (AvgIpc) is 1.69. The largest absolute Gasteiger partial charge is 0.494 e. The van der Waals surface area contributed by atoms with Crippen LogP contribution in [0.5, 0.6) is 11.5 Å². The van der Waals surface area contributed by atoms with Gasteiger partial charge in [0.25, 0.3) is 11.5 Å². The lowest BCUT2D eigenvalue weighted by Crippen LogP contribution is -2.35. The van der Waals surface area contributed by atoms with Gasteiger partial charge in [-0.2, -0.15) is 13.6 Å². The van der Waals surface area contributed by atoms with E-state index in [1.54, 1.807) is 18.2 Å². The van der Waals surface area contributed by atoms with Crippen molar-refractivity contribution in [3.05, 3.63) is 150 Å². The Morgan fingerprint density at radius 2 is 1.31 bits per heavy atom. The van der Waals surface area contributed by atoms with E-state index in [1.807, 2.05) is 44.2 Å². The number of aldehydes is 1. The van der Waals surface area contributed by atoms with Crippen LogP contribution in [0.4, 0.5) is 11.6 Å². The SMILES string of the molecule is C=C(CCCOc1ccc(C=O)c(-c2c3cc(C)c(=NCC)cc-3oc3cc(NCC)c(C)cc23)c1)NCCOCCCCCOCCOCCOCCOCCOCCOCCOCCOCCOCCOCCC(=O)NCCNC(=O)c1cccc(OCC(N=[N+]=[N-])OCCOCC(=O)CCC#Cc2cn(C3CC(OCN=[N+]=[N-])C(COP(=O)(O)OP(=O)(O)OP(=O)(O)O)O3)c3nc(N)[nH]c(=O)c23)c1. The Balaban J connectivity index is 0.527. The highest BCUT2D eigenvalue weighted by Gasteiger charge is 2.44. The van der Waals surface area contributed by atoms with Crippen molar-refractivity contribution in [1.29, 1.82) is 0 Å². The predicted octanol–water partition coefficient (Wildman–Crippen LogP) is 9.89. The number of nitrogen functional groups attached to an aromatic ring is 1. The number of carbonyl (C=O) groups is 4. The Kier molecular flexibility index (Phi) is 53.6. The number of carbonyl (C=O) groups excluding carboxylic acids is 4. The first kappa shape index (κ1) is 116. The number of phosphoric ester groups is 1. The van der Waals surface area contributed by atoms with Gasteiger partial charge in [0.1, 0.15) is 55.1 Å². The maximum Gasteiger partial charge on any atom is 0.490 e. The number of Topliss-reactive ketones (excluding diaryl/α,β-unsaturated/α-hetero) is 1. The number of aromatic amines is 1.